The molecule has 5 heteroatoms. The van der Waals surface area contributed by atoms with Crippen molar-refractivity contribution in [3.05, 3.63) is 36.9 Å². The highest BCUT2D eigenvalue weighted by Crippen LogP contribution is 2.29. The van der Waals surface area contributed by atoms with Crippen LogP contribution in [-0.2, 0) is 18.1 Å². The number of carbonyl (C=O) groups excluding carboxylic acids is 1. The smallest absolute Gasteiger partial charge is 0.470 e. The summed E-state index contributed by atoms with van der Waals surface area (Å²) in [5, 5.41) is 0. The highest BCUT2D eigenvalue weighted by molar-refractivity contribution is 6.62. The molecule has 0 saturated heterocycles. The number of hydrogen-bond donors (Lipinski definition) is 0. The van der Waals surface area contributed by atoms with Gasteiger partial charge < -0.3 is 13.3 Å². The first kappa shape index (κ1) is 15.6. The maximum Gasteiger partial charge on any atom is 0.567 e. The molecule has 0 atom stereocenters. The van der Waals surface area contributed by atoms with Crippen LogP contribution in [0.5, 0.6) is 0 Å². The van der Waals surface area contributed by atoms with E-state index in [1.807, 2.05) is 6.92 Å². The van der Waals surface area contributed by atoms with Gasteiger partial charge in [-0.1, -0.05) is 44.2 Å². The molecular weight excluding hydrogens is 260 g/mol. The Labute approximate surface area is 115 Å². The third-order valence-electron chi connectivity index (χ3n) is 2.82. The normalized spacial score (nSPS) is 11.1. The van der Waals surface area contributed by atoms with Gasteiger partial charge in [-0.05, 0) is 11.1 Å². The minimum absolute atomic E-state index is 0.496. The van der Waals surface area contributed by atoms with Gasteiger partial charge in [0.15, 0.2) is 0 Å². The monoisotopic (exact) mass is 280 g/mol. The molecule has 0 spiro atoms. The predicted octanol–water partition coefficient (Wildman–Crippen LogP) is 3.02. The minimum Gasteiger partial charge on any atom is -0.470 e. The van der Waals surface area contributed by atoms with Gasteiger partial charge in [0, 0.05) is 26.3 Å². The van der Waals surface area contributed by atoms with Crippen molar-refractivity contribution < 1.29 is 18.1 Å². The third-order valence-corrected chi connectivity index (χ3v) is 5.69. The van der Waals surface area contributed by atoms with E-state index in [-0.39, 0.29) is 0 Å². The molecule has 2 aliphatic rings. The summed E-state index contributed by atoms with van der Waals surface area (Å²) in [6.07, 6.45) is 1.95. The molecule has 2 rings (SSSR count). The number of benzene rings is 1. The van der Waals surface area contributed by atoms with Crippen LogP contribution in [0.3, 0.4) is 0 Å². The van der Waals surface area contributed by atoms with Crippen LogP contribution in [-0.4, -0.2) is 29.0 Å². The maximum absolute atomic E-state index is 11.0. The Bertz CT molecular complexity index is 403. The molecule has 4 nitrogen and oxygen atoms in total. The lowest BCUT2D eigenvalue weighted by molar-refractivity contribution is -0.133. The van der Waals surface area contributed by atoms with E-state index in [9.17, 15) is 4.79 Å². The third kappa shape index (κ3) is 4.02. The molecule has 0 bridgehead atoms. The van der Waals surface area contributed by atoms with Crippen LogP contribution < -0.4 is 0 Å². The van der Waals surface area contributed by atoms with Gasteiger partial charge in [-0.15, -0.1) is 0 Å². The first-order valence-corrected chi connectivity index (χ1v) is 8.10. The van der Waals surface area contributed by atoms with Crippen molar-refractivity contribution in [3.8, 4) is 11.1 Å². The van der Waals surface area contributed by atoms with Crippen LogP contribution in [0.4, 0.5) is 0 Å². The number of hydrogen-bond acceptors (Lipinski definition) is 4. The fourth-order valence-electron chi connectivity index (χ4n) is 1.59. The summed E-state index contributed by atoms with van der Waals surface area (Å²) in [6.45, 7) is 5.28. The summed E-state index contributed by atoms with van der Waals surface area (Å²) < 4.78 is 15.3. The van der Waals surface area contributed by atoms with Gasteiger partial charge in [0.25, 0.3) is 0 Å². The molecule has 2 aliphatic carbocycles. The van der Waals surface area contributed by atoms with Gasteiger partial charge >= 0.3 is 14.8 Å². The number of carbonyl (C=O) groups is 1. The molecule has 0 amide bonds. The van der Waals surface area contributed by atoms with Crippen molar-refractivity contribution in [1.82, 2.24) is 0 Å². The Morgan fingerprint density at radius 2 is 1.68 bits per heavy atom. The Kier molecular flexibility index (Phi) is 5.94. The average molecular weight is 280 g/mol. The van der Waals surface area contributed by atoms with Crippen LogP contribution in [0.25, 0.3) is 11.1 Å². The lowest BCUT2D eigenvalue weighted by Crippen LogP contribution is -2.45. The Balaban J connectivity index is 0.000000241. The molecule has 0 N–H and O–H groups in total. The fraction of sp³-hybridized carbons (Fsp3) is 0.357. The van der Waals surface area contributed by atoms with Crippen molar-refractivity contribution in [2.45, 2.75) is 19.4 Å². The zero-order chi connectivity index (χ0) is 14.3. The van der Waals surface area contributed by atoms with Gasteiger partial charge in [0.2, 0.25) is 0 Å². The van der Waals surface area contributed by atoms with E-state index in [4.69, 9.17) is 13.3 Å². The van der Waals surface area contributed by atoms with E-state index in [1.165, 1.54) is 25.3 Å². The minimum atomic E-state index is -2.75. The van der Waals surface area contributed by atoms with Crippen molar-refractivity contribution in [3.63, 3.8) is 0 Å². The van der Waals surface area contributed by atoms with Crippen molar-refractivity contribution in [2.24, 2.45) is 0 Å². The molecule has 0 aromatic rings. The molecule has 0 fully saturated rings. The highest BCUT2D eigenvalue weighted by atomic mass is 28.4. The molecule has 0 aromatic heterocycles. The van der Waals surface area contributed by atoms with Crippen LogP contribution in [0, 0.1) is 0 Å². The van der Waals surface area contributed by atoms with Crippen molar-refractivity contribution >= 4 is 14.8 Å². The zero-order valence-electron chi connectivity index (χ0n) is 11.6. The number of rotatable bonds is 6. The maximum atomic E-state index is 11.0. The van der Waals surface area contributed by atoms with Gasteiger partial charge in [-0.25, -0.2) is 4.79 Å². The van der Waals surface area contributed by atoms with E-state index in [0.717, 1.165) is 12.5 Å². The molecule has 0 aromatic carbocycles. The van der Waals surface area contributed by atoms with Gasteiger partial charge in [-0.3, -0.25) is 0 Å². The van der Waals surface area contributed by atoms with Crippen molar-refractivity contribution in [1.29, 1.82) is 0 Å². The molecule has 0 aliphatic heterocycles. The van der Waals surface area contributed by atoms with Gasteiger partial charge in [0.1, 0.15) is 0 Å². The van der Waals surface area contributed by atoms with Gasteiger partial charge in [0.05, 0.1) is 0 Å². The van der Waals surface area contributed by atoms with Crippen molar-refractivity contribution in [2.75, 3.05) is 14.2 Å². The first-order chi connectivity index (χ1) is 9.10. The second kappa shape index (κ2) is 7.23. The second-order valence-electron chi connectivity index (χ2n) is 4.04. The molecular formula is C14H20O4Si. The van der Waals surface area contributed by atoms with E-state index in [0.29, 0.717) is 6.04 Å². The van der Waals surface area contributed by atoms with Gasteiger partial charge in [-0.2, -0.15) is 0 Å². The Morgan fingerprint density at radius 3 is 1.89 bits per heavy atom. The topological polar surface area (TPSA) is 44.8 Å². The van der Waals surface area contributed by atoms with Crippen LogP contribution in [0.1, 0.15) is 13.3 Å². The highest BCUT2D eigenvalue weighted by Gasteiger charge is 2.41. The number of fused-ring (bicyclic) bond motifs is 1. The summed E-state index contributed by atoms with van der Waals surface area (Å²) >= 11 is 0. The van der Waals surface area contributed by atoms with E-state index >= 15 is 0 Å². The first-order valence-electron chi connectivity index (χ1n) is 6.17. The standard InChI is InChI=1S/C8H16O4Si.C6H4/c1-5-7-13(10-3,11-4)12-8(9)6-2;1-2-6-4-3-5(1)6/h6H,2,5,7H2,1,3-4H3;1-4H. The van der Waals surface area contributed by atoms with Crippen LogP contribution >= 0.6 is 0 Å². The molecule has 0 saturated carbocycles. The largest absolute Gasteiger partial charge is 0.567 e. The van der Waals surface area contributed by atoms with E-state index in [2.05, 4.69) is 30.8 Å². The second-order valence-corrected chi connectivity index (χ2v) is 6.93. The molecule has 0 radical (unpaired) electrons. The average Bonchev–Trinajstić information content (AvgIpc) is 2.42. The van der Waals surface area contributed by atoms with Crippen LogP contribution in [0.2, 0.25) is 6.04 Å². The van der Waals surface area contributed by atoms with E-state index < -0.39 is 14.8 Å². The lowest BCUT2D eigenvalue weighted by Gasteiger charge is -2.24. The predicted molar refractivity (Wildman–Crippen MR) is 76.6 cm³/mol. The molecule has 0 unspecified atom stereocenters. The summed E-state index contributed by atoms with van der Waals surface area (Å²) in [6, 6.07) is 9.11. The quantitative estimate of drug-likeness (QED) is 0.602. The molecule has 104 valence electrons. The van der Waals surface area contributed by atoms with Crippen LogP contribution in [0.15, 0.2) is 36.9 Å². The Morgan fingerprint density at radius 1 is 1.21 bits per heavy atom. The summed E-state index contributed by atoms with van der Waals surface area (Å²) in [5.41, 5.74) is 2.85. The zero-order valence-corrected chi connectivity index (χ0v) is 12.6. The Hall–Kier alpha value is -1.43. The van der Waals surface area contributed by atoms with E-state index in [1.54, 1.807) is 0 Å². The lowest BCUT2D eigenvalue weighted by atomic mass is 9.95. The SMILES string of the molecule is C=CC(=O)O[Si](CCC)(OC)OC.c1cc2ccc1-2. The molecule has 0 heterocycles. The fourth-order valence-corrected chi connectivity index (χ4v) is 3.43. The molecule has 19 heavy (non-hydrogen) atoms. The summed E-state index contributed by atoms with van der Waals surface area (Å²) in [4.78, 5) is 11.0. The summed E-state index contributed by atoms with van der Waals surface area (Å²) in [5.74, 6) is -0.496. The summed E-state index contributed by atoms with van der Waals surface area (Å²) in [7, 11) is 0.227.